The van der Waals surface area contributed by atoms with Crippen LogP contribution in [0.2, 0.25) is 0 Å². The van der Waals surface area contributed by atoms with Gasteiger partial charge in [-0.15, -0.1) is 5.10 Å². The molecule has 1 saturated carbocycles. The molecule has 2 aromatic rings. The summed E-state index contributed by atoms with van der Waals surface area (Å²) in [7, 11) is 0. The number of morpholine rings is 1. The van der Waals surface area contributed by atoms with E-state index in [1.807, 2.05) is 0 Å². The molecule has 0 bridgehead atoms. The van der Waals surface area contributed by atoms with E-state index in [0.717, 1.165) is 50.9 Å². The summed E-state index contributed by atoms with van der Waals surface area (Å²) in [5, 5.41) is 12.1. The molecular formula is C17H20F3N5O. The molecule has 6 nitrogen and oxygen atoms in total. The van der Waals surface area contributed by atoms with E-state index in [2.05, 4.69) is 20.4 Å². The van der Waals surface area contributed by atoms with E-state index in [1.165, 1.54) is 10.7 Å². The molecule has 0 unspecified atom stereocenters. The van der Waals surface area contributed by atoms with Gasteiger partial charge in [-0.3, -0.25) is 4.90 Å². The van der Waals surface area contributed by atoms with Crippen LogP contribution in [-0.2, 0) is 16.5 Å². The molecule has 1 aromatic carbocycles. The molecule has 4 rings (SSSR count). The van der Waals surface area contributed by atoms with Crippen LogP contribution < -0.4 is 0 Å². The van der Waals surface area contributed by atoms with E-state index in [4.69, 9.17) is 4.74 Å². The Morgan fingerprint density at radius 2 is 1.81 bits per heavy atom. The van der Waals surface area contributed by atoms with Crippen molar-refractivity contribution in [3.8, 4) is 5.69 Å². The van der Waals surface area contributed by atoms with Gasteiger partial charge in [0.15, 0.2) is 5.82 Å². The second kappa shape index (κ2) is 6.62. The van der Waals surface area contributed by atoms with Crippen molar-refractivity contribution in [2.24, 2.45) is 0 Å². The highest BCUT2D eigenvalue weighted by Crippen LogP contribution is 2.43. The topological polar surface area (TPSA) is 56.1 Å². The van der Waals surface area contributed by atoms with Crippen LogP contribution >= 0.6 is 0 Å². The minimum Gasteiger partial charge on any atom is -0.379 e. The van der Waals surface area contributed by atoms with Crippen LogP contribution in [0.15, 0.2) is 24.3 Å². The lowest BCUT2D eigenvalue weighted by Crippen LogP contribution is -2.51. The summed E-state index contributed by atoms with van der Waals surface area (Å²) < 4.78 is 46.2. The van der Waals surface area contributed by atoms with Gasteiger partial charge in [0.25, 0.3) is 0 Å². The van der Waals surface area contributed by atoms with Crippen LogP contribution in [0.4, 0.5) is 13.2 Å². The van der Waals surface area contributed by atoms with Crippen molar-refractivity contribution >= 4 is 0 Å². The first-order chi connectivity index (χ1) is 12.5. The first-order valence-electron chi connectivity index (χ1n) is 8.80. The Bertz CT molecular complexity index is 764. The van der Waals surface area contributed by atoms with Gasteiger partial charge in [0.05, 0.1) is 30.0 Å². The van der Waals surface area contributed by atoms with Crippen molar-refractivity contribution in [3.63, 3.8) is 0 Å². The molecular weight excluding hydrogens is 347 g/mol. The fourth-order valence-corrected chi connectivity index (χ4v) is 4.10. The maximum Gasteiger partial charge on any atom is 0.416 e. The molecule has 140 valence electrons. The summed E-state index contributed by atoms with van der Waals surface area (Å²) in [6.07, 6.45) is -0.516. The summed E-state index contributed by atoms with van der Waals surface area (Å²) in [6, 6.07) is 5.15. The van der Waals surface area contributed by atoms with Crippen LogP contribution in [-0.4, -0.2) is 51.4 Å². The van der Waals surface area contributed by atoms with Gasteiger partial charge < -0.3 is 4.74 Å². The number of hydrogen-bond donors (Lipinski definition) is 0. The first kappa shape index (κ1) is 17.4. The molecule has 2 fully saturated rings. The van der Waals surface area contributed by atoms with Crippen LogP contribution in [0, 0.1) is 0 Å². The summed E-state index contributed by atoms with van der Waals surface area (Å²) in [5.41, 5.74) is -0.718. The van der Waals surface area contributed by atoms with Crippen molar-refractivity contribution in [3.05, 3.63) is 35.7 Å². The molecule has 1 aliphatic heterocycles. The number of hydrogen-bond acceptors (Lipinski definition) is 5. The third kappa shape index (κ3) is 2.99. The van der Waals surface area contributed by atoms with Crippen molar-refractivity contribution in [2.45, 2.75) is 37.4 Å². The Morgan fingerprint density at radius 3 is 2.50 bits per heavy atom. The monoisotopic (exact) mass is 367 g/mol. The molecule has 1 saturated heterocycles. The highest BCUT2D eigenvalue weighted by Gasteiger charge is 2.46. The number of benzene rings is 1. The number of tetrazole rings is 1. The van der Waals surface area contributed by atoms with Crippen LogP contribution in [0.25, 0.3) is 5.69 Å². The summed E-state index contributed by atoms with van der Waals surface area (Å²) in [6.45, 7) is 2.84. The third-order valence-electron chi connectivity index (χ3n) is 5.35. The molecule has 0 N–H and O–H groups in total. The van der Waals surface area contributed by atoms with Gasteiger partial charge >= 0.3 is 6.18 Å². The van der Waals surface area contributed by atoms with Gasteiger partial charge in [0.2, 0.25) is 0 Å². The van der Waals surface area contributed by atoms with Crippen LogP contribution in [0.5, 0.6) is 0 Å². The zero-order chi connectivity index (χ0) is 18.2. The maximum absolute atomic E-state index is 13.1. The lowest BCUT2D eigenvalue weighted by atomic mass is 9.93. The molecule has 0 spiro atoms. The number of rotatable bonds is 3. The Kier molecular flexibility index (Phi) is 4.44. The lowest BCUT2D eigenvalue weighted by molar-refractivity contribution is -0.137. The van der Waals surface area contributed by atoms with Gasteiger partial charge in [-0.1, -0.05) is 18.9 Å². The molecule has 2 aliphatic rings. The average molecular weight is 367 g/mol. The Labute approximate surface area is 148 Å². The fraction of sp³-hybridized carbons (Fsp3) is 0.588. The van der Waals surface area contributed by atoms with Crippen LogP contribution in [0.3, 0.4) is 0 Å². The molecule has 2 heterocycles. The molecule has 9 heteroatoms. The van der Waals surface area contributed by atoms with E-state index >= 15 is 0 Å². The zero-order valence-electron chi connectivity index (χ0n) is 14.2. The van der Waals surface area contributed by atoms with Crippen molar-refractivity contribution in [1.29, 1.82) is 0 Å². The van der Waals surface area contributed by atoms with Gasteiger partial charge in [-0.2, -0.15) is 17.9 Å². The van der Waals surface area contributed by atoms with Gasteiger partial charge in [0, 0.05) is 13.1 Å². The molecule has 26 heavy (non-hydrogen) atoms. The van der Waals surface area contributed by atoms with E-state index in [9.17, 15) is 13.2 Å². The zero-order valence-corrected chi connectivity index (χ0v) is 14.2. The summed E-state index contributed by atoms with van der Waals surface area (Å²) in [5.74, 6) is 0.622. The second-order valence-corrected chi connectivity index (χ2v) is 6.80. The Morgan fingerprint density at radius 1 is 1.08 bits per heavy atom. The first-order valence-corrected chi connectivity index (χ1v) is 8.80. The van der Waals surface area contributed by atoms with Crippen LogP contribution in [0.1, 0.15) is 37.1 Å². The SMILES string of the molecule is FC(F)(F)c1cccc(-n2nnnc2C2(N3CCOCC3)CCCC2)c1. The van der Waals surface area contributed by atoms with E-state index in [0.29, 0.717) is 24.7 Å². The predicted molar refractivity (Wildman–Crippen MR) is 86.7 cm³/mol. The van der Waals surface area contributed by atoms with Gasteiger partial charge in [0.1, 0.15) is 0 Å². The Balaban J connectivity index is 1.76. The normalized spacial score (nSPS) is 21.2. The number of halogens is 3. The van der Waals surface area contributed by atoms with E-state index in [-0.39, 0.29) is 5.54 Å². The quantitative estimate of drug-likeness (QED) is 0.835. The number of ether oxygens (including phenoxy) is 1. The fourth-order valence-electron chi connectivity index (χ4n) is 4.10. The number of alkyl halides is 3. The number of nitrogens with zero attached hydrogens (tertiary/aromatic N) is 5. The smallest absolute Gasteiger partial charge is 0.379 e. The molecule has 0 atom stereocenters. The highest BCUT2D eigenvalue weighted by molar-refractivity contribution is 5.37. The molecule has 1 aliphatic carbocycles. The highest BCUT2D eigenvalue weighted by atomic mass is 19.4. The largest absolute Gasteiger partial charge is 0.416 e. The van der Waals surface area contributed by atoms with Gasteiger partial charge in [-0.05, 0) is 41.5 Å². The Hall–Kier alpha value is -2.00. The van der Waals surface area contributed by atoms with Crippen molar-refractivity contribution < 1.29 is 17.9 Å². The van der Waals surface area contributed by atoms with E-state index < -0.39 is 11.7 Å². The molecule has 0 radical (unpaired) electrons. The average Bonchev–Trinajstić information content (AvgIpc) is 3.32. The molecule has 1 aromatic heterocycles. The standard InChI is InChI=1S/C17H20F3N5O/c18-17(19,20)13-4-3-5-14(12-13)25-15(21-22-23-25)16(6-1-2-7-16)24-8-10-26-11-9-24/h3-5,12H,1-2,6-11H2. The van der Waals surface area contributed by atoms with Crippen molar-refractivity contribution in [1.82, 2.24) is 25.1 Å². The minimum absolute atomic E-state index is 0.333. The second-order valence-electron chi connectivity index (χ2n) is 6.80. The van der Waals surface area contributed by atoms with E-state index in [1.54, 1.807) is 6.07 Å². The van der Waals surface area contributed by atoms with Gasteiger partial charge in [-0.25, -0.2) is 0 Å². The predicted octanol–water partition coefficient (Wildman–Crippen LogP) is 2.78. The lowest BCUT2D eigenvalue weighted by Gasteiger charge is -2.42. The summed E-state index contributed by atoms with van der Waals surface area (Å²) >= 11 is 0. The summed E-state index contributed by atoms with van der Waals surface area (Å²) in [4.78, 5) is 2.33. The third-order valence-corrected chi connectivity index (χ3v) is 5.35. The van der Waals surface area contributed by atoms with Crippen molar-refractivity contribution in [2.75, 3.05) is 26.3 Å². The minimum atomic E-state index is -4.40. The molecule has 0 amide bonds. The number of aromatic nitrogens is 4. The maximum atomic E-state index is 13.1.